The van der Waals surface area contributed by atoms with Gasteiger partial charge in [-0.1, -0.05) is 51.1 Å². The summed E-state index contributed by atoms with van der Waals surface area (Å²) in [6.07, 6.45) is 0.599. The van der Waals surface area contributed by atoms with Crippen LogP contribution in [0, 0.1) is 26.2 Å². The SMILES string of the molecule is Cc1ccc(N(C)C(C)C)nc1CN1C(=O)c2cccc(c2)S(=O)(=O)Nc2nc(cc(-c3c(C)cccc3C)n2)OC[C@H]1CC(C)(C)C. The number of nitrogens with zero attached hydrogens (tertiary/aromatic N) is 5. The van der Waals surface area contributed by atoms with Crippen LogP contribution in [0.25, 0.3) is 11.3 Å². The molecule has 4 aromatic rings. The molecule has 0 fully saturated rings. The number of benzene rings is 2. The Kier molecular flexibility index (Phi) is 9.82. The van der Waals surface area contributed by atoms with E-state index in [0.717, 1.165) is 33.8 Å². The van der Waals surface area contributed by atoms with Crippen molar-refractivity contribution >= 4 is 27.7 Å². The lowest BCUT2D eigenvalue weighted by Gasteiger charge is -2.36. The molecule has 2 aromatic carbocycles. The fourth-order valence-corrected chi connectivity index (χ4v) is 6.88. The maximum absolute atomic E-state index is 14.6. The number of carbonyl (C=O) groups is 1. The first-order chi connectivity index (χ1) is 22.5. The highest BCUT2D eigenvalue weighted by Gasteiger charge is 2.32. The third-order valence-electron chi connectivity index (χ3n) is 8.67. The summed E-state index contributed by atoms with van der Waals surface area (Å²) in [6, 6.07) is 17.6. The van der Waals surface area contributed by atoms with Gasteiger partial charge in [0, 0.05) is 30.3 Å². The first-order valence-corrected chi connectivity index (χ1v) is 17.7. The number of fused-ring (bicyclic) bond motifs is 4. The lowest BCUT2D eigenvalue weighted by atomic mass is 9.87. The van der Waals surface area contributed by atoms with Crippen LogP contribution in [0.5, 0.6) is 5.88 Å². The van der Waals surface area contributed by atoms with E-state index in [0.29, 0.717) is 12.1 Å². The van der Waals surface area contributed by atoms with Gasteiger partial charge in [-0.3, -0.25) is 4.79 Å². The molecule has 1 aliphatic rings. The summed E-state index contributed by atoms with van der Waals surface area (Å²) in [6.45, 7) is 16.8. The maximum atomic E-state index is 14.6. The highest BCUT2D eigenvalue weighted by molar-refractivity contribution is 7.92. The largest absolute Gasteiger partial charge is 0.475 e. The Labute approximate surface area is 284 Å². The van der Waals surface area contributed by atoms with Crippen molar-refractivity contribution in [3.8, 4) is 17.1 Å². The fourth-order valence-electron chi connectivity index (χ4n) is 5.89. The van der Waals surface area contributed by atoms with Crippen LogP contribution in [0.4, 0.5) is 11.8 Å². The van der Waals surface area contributed by atoms with Gasteiger partial charge in [-0.15, -0.1) is 0 Å². The van der Waals surface area contributed by atoms with Gasteiger partial charge in [-0.2, -0.15) is 4.98 Å². The van der Waals surface area contributed by atoms with Crippen LogP contribution < -0.4 is 14.4 Å². The zero-order chi connectivity index (χ0) is 35.0. The Morgan fingerprint density at radius 3 is 2.31 bits per heavy atom. The van der Waals surface area contributed by atoms with Crippen LogP contribution in [0.3, 0.4) is 0 Å². The van der Waals surface area contributed by atoms with Gasteiger partial charge in [-0.05, 0) is 87.4 Å². The third kappa shape index (κ3) is 7.78. The smallest absolute Gasteiger partial charge is 0.264 e. The molecule has 4 bridgehead atoms. The molecular weight excluding hydrogens is 625 g/mol. The molecule has 1 amide bonds. The molecular formula is C37H46N6O4S. The minimum absolute atomic E-state index is 0.0710. The van der Waals surface area contributed by atoms with Gasteiger partial charge in [0.15, 0.2) is 0 Å². The predicted molar refractivity (Wildman–Crippen MR) is 190 cm³/mol. The molecule has 0 saturated heterocycles. The van der Waals surface area contributed by atoms with Crippen molar-refractivity contribution < 1.29 is 17.9 Å². The minimum atomic E-state index is -4.17. The van der Waals surface area contributed by atoms with Gasteiger partial charge in [0.1, 0.15) is 12.4 Å². The van der Waals surface area contributed by atoms with E-state index >= 15 is 0 Å². The van der Waals surface area contributed by atoms with Gasteiger partial charge in [0.2, 0.25) is 11.8 Å². The van der Waals surface area contributed by atoms with Crippen molar-refractivity contribution in [2.45, 2.75) is 85.3 Å². The van der Waals surface area contributed by atoms with Crippen molar-refractivity contribution in [2.24, 2.45) is 5.41 Å². The zero-order valence-electron chi connectivity index (χ0n) is 29.3. The average Bonchev–Trinajstić information content (AvgIpc) is 3.01. The van der Waals surface area contributed by atoms with Crippen LogP contribution in [0.15, 0.2) is 65.6 Å². The first-order valence-electron chi connectivity index (χ1n) is 16.2. The fraction of sp³-hybridized carbons (Fsp3) is 0.405. The molecule has 11 heteroatoms. The molecule has 1 aliphatic heterocycles. The van der Waals surface area contributed by atoms with Crippen LogP contribution in [0.2, 0.25) is 0 Å². The van der Waals surface area contributed by atoms with Crippen LogP contribution >= 0.6 is 0 Å². The van der Waals surface area contributed by atoms with Gasteiger partial charge in [0.05, 0.1) is 28.9 Å². The van der Waals surface area contributed by atoms with E-state index in [9.17, 15) is 13.2 Å². The Morgan fingerprint density at radius 1 is 0.958 bits per heavy atom. The number of anilines is 2. The van der Waals surface area contributed by atoms with Crippen molar-refractivity contribution in [1.29, 1.82) is 0 Å². The Morgan fingerprint density at radius 2 is 1.65 bits per heavy atom. The Hall–Kier alpha value is -4.51. The topological polar surface area (TPSA) is 118 Å². The number of hydrogen-bond acceptors (Lipinski definition) is 8. The van der Waals surface area contributed by atoms with E-state index in [-0.39, 0.29) is 52.8 Å². The molecule has 0 unspecified atom stereocenters. The number of pyridine rings is 1. The number of carbonyl (C=O) groups excluding carboxylic acids is 1. The lowest BCUT2D eigenvalue weighted by Crippen LogP contribution is -2.45. The van der Waals surface area contributed by atoms with E-state index in [1.165, 1.54) is 12.1 Å². The molecule has 254 valence electrons. The minimum Gasteiger partial charge on any atom is -0.475 e. The number of aromatic nitrogens is 3. The van der Waals surface area contributed by atoms with Gasteiger partial charge in [-0.25, -0.2) is 23.1 Å². The quantitative estimate of drug-likeness (QED) is 0.234. The molecule has 48 heavy (non-hydrogen) atoms. The highest BCUT2D eigenvalue weighted by atomic mass is 32.2. The normalized spacial score (nSPS) is 16.3. The molecule has 3 heterocycles. The maximum Gasteiger partial charge on any atom is 0.264 e. The number of rotatable bonds is 6. The van der Waals surface area contributed by atoms with Crippen LogP contribution in [-0.4, -0.2) is 59.9 Å². The molecule has 5 rings (SSSR count). The third-order valence-corrected chi connectivity index (χ3v) is 10.00. The summed E-state index contributed by atoms with van der Waals surface area (Å²) in [5.41, 5.74) is 5.12. The van der Waals surface area contributed by atoms with E-state index in [1.807, 2.05) is 58.2 Å². The molecule has 1 atom stereocenters. The molecule has 0 saturated carbocycles. The van der Waals surface area contributed by atoms with Gasteiger partial charge >= 0.3 is 0 Å². The van der Waals surface area contributed by atoms with Crippen molar-refractivity contribution in [3.63, 3.8) is 0 Å². The number of aryl methyl sites for hydroxylation is 3. The van der Waals surface area contributed by atoms with E-state index in [4.69, 9.17) is 9.72 Å². The number of ether oxygens (including phenoxy) is 1. The van der Waals surface area contributed by atoms with Crippen LogP contribution in [0.1, 0.15) is 73.8 Å². The molecule has 0 aliphatic carbocycles. The summed E-state index contributed by atoms with van der Waals surface area (Å²) in [5, 5.41) is 0. The average molecular weight is 671 g/mol. The first kappa shape index (κ1) is 34.8. The lowest BCUT2D eigenvalue weighted by molar-refractivity contribution is 0.0509. The summed E-state index contributed by atoms with van der Waals surface area (Å²) in [5.74, 6) is 0.574. The summed E-state index contributed by atoms with van der Waals surface area (Å²) in [4.78, 5) is 32.4. The molecule has 1 N–H and O–H groups in total. The van der Waals surface area contributed by atoms with E-state index < -0.39 is 16.1 Å². The summed E-state index contributed by atoms with van der Waals surface area (Å²) >= 11 is 0. The number of amides is 1. The number of nitrogens with one attached hydrogen (secondary N) is 1. The van der Waals surface area contributed by atoms with Crippen molar-refractivity contribution in [3.05, 3.63) is 88.6 Å². The van der Waals surface area contributed by atoms with E-state index in [2.05, 4.69) is 54.2 Å². The molecule has 10 nitrogen and oxygen atoms in total. The predicted octanol–water partition coefficient (Wildman–Crippen LogP) is 6.95. The highest BCUT2D eigenvalue weighted by Crippen LogP contribution is 2.32. The van der Waals surface area contributed by atoms with Gasteiger partial charge < -0.3 is 14.5 Å². The summed E-state index contributed by atoms with van der Waals surface area (Å²) in [7, 11) is -2.17. The second kappa shape index (κ2) is 13.5. The Bertz CT molecular complexity index is 1920. The standard InChI is InChI=1S/C37H46N6O4S/c1-23(2)42(9)32-17-16-24(3)31(38-32)21-43-28(20-37(6,7)8)22-47-33-19-30(34-25(4)12-10-13-26(34)5)39-36(40-33)41-48(45,46)29-15-11-14-27(18-29)35(43)44/h10-19,23,28H,20-22H2,1-9H3,(H,39,40,41)/t28-/m1/s1. The van der Waals surface area contributed by atoms with Crippen molar-refractivity contribution in [2.75, 3.05) is 23.3 Å². The monoisotopic (exact) mass is 670 g/mol. The number of sulfonamides is 1. The summed E-state index contributed by atoms with van der Waals surface area (Å²) < 4.78 is 36.4. The Balaban J connectivity index is 1.68. The zero-order valence-corrected chi connectivity index (χ0v) is 30.1. The molecule has 0 radical (unpaired) electrons. The van der Waals surface area contributed by atoms with E-state index in [1.54, 1.807) is 23.1 Å². The second-order valence-corrected chi connectivity index (χ2v) is 15.8. The van der Waals surface area contributed by atoms with Crippen molar-refractivity contribution in [1.82, 2.24) is 19.9 Å². The van der Waals surface area contributed by atoms with Crippen LogP contribution in [-0.2, 0) is 16.6 Å². The molecule has 2 aromatic heterocycles. The number of hydrogen-bond donors (Lipinski definition) is 1. The molecule has 0 spiro atoms. The second-order valence-electron chi connectivity index (χ2n) is 14.1. The van der Waals surface area contributed by atoms with Gasteiger partial charge in [0.25, 0.3) is 15.9 Å².